The van der Waals surface area contributed by atoms with Crippen LogP contribution in [0.25, 0.3) is 9.69 Å². The Labute approximate surface area is 500 Å². The molecule has 2 N–H and O–H groups in total. The fourth-order valence-electron chi connectivity index (χ4n) is 10.4. The van der Waals surface area contributed by atoms with Crippen LogP contribution in [-0.4, -0.2) is 38.1 Å². The fourth-order valence-corrected chi connectivity index (χ4v) is 10.4. The van der Waals surface area contributed by atoms with E-state index in [-0.39, 0.29) is 21.3 Å². The molecule has 14 nitrogen and oxygen atoms in total. The third kappa shape index (κ3) is 14.3. The molecule has 12 rings (SSSR count). The molecular formula is C67H64B4N4O10. The second kappa shape index (κ2) is 27.1. The Morgan fingerprint density at radius 3 is 1.34 bits per heavy atom. The third-order valence-corrected chi connectivity index (χ3v) is 14.9. The monoisotopic (exact) mass is 1130 g/mol. The van der Waals surface area contributed by atoms with Crippen molar-refractivity contribution in [1.82, 2.24) is 0 Å². The molecule has 0 fully saturated rings. The maximum absolute atomic E-state index is 9.61. The topological polar surface area (TPSA) is 171 Å². The summed E-state index contributed by atoms with van der Waals surface area (Å²) in [6.07, 6.45) is 0. The molecule has 0 saturated heterocycles. The number of hydrogen-bond donors (Lipinski definition) is 2. The van der Waals surface area contributed by atoms with Crippen molar-refractivity contribution in [1.29, 1.82) is 10.5 Å². The minimum atomic E-state index is -0.857. The quantitative estimate of drug-likeness (QED) is 0.109. The van der Waals surface area contributed by atoms with Crippen LogP contribution in [0.5, 0.6) is 46.0 Å². The lowest BCUT2D eigenvalue weighted by molar-refractivity contribution is 0.274. The van der Waals surface area contributed by atoms with Crippen molar-refractivity contribution < 1.29 is 47.6 Å². The molecule has 0 aromatic heterocycles. The Kier molecular flexibility index (Phi) is 19.8. The van der Waals surface area contributed by atoms with E-state index in [0.29, 0.717) is 71.9 Å². The van der Waals surface area contributed by atoms with Crippen LogP contribution in [0.4, 0.5) is 11.4 Å². The van der Waals surface area contributed by atoms with E-state index in [2.05, 4.69) is 47.6 Å². The SMILES string of the molecule is C.Cc1cc(C)c(Oc2ccc3c(c2)COB3O)c(C#N)c1.Cc1cc(C)c(Oc2ccc3c(c2)COB3O)cc1C#N.[C-]#[N+]c1cc(C)c(Oc2ccc3c(c2)COB3C)c(C)c1.[C-]#[N+]c1cc(C)c(Oc2ccc3c(c2)COB3C)cc1C. The number of benzene rings is 8. The van der Waals surface area contributed by atoms with Crippen LogP contribution >= 0.6 is 0 Å². The molecular weight excluding hydrogens is 1060 g/mol. The van der Waals surface area contributed by atoms with Crippen molar-refractivity contribution >= 4 is 61.3 Å². The van der Waals surface area contributed by atoms with Gasteiger partial charge in [0.2, 0.25) is 0 Å². The van der Waals surface area contributed by atoms with E-state index in [0.717, 1.165) is 89.6 Å². The van der Waals surface area contributed by atoms with Gasteiger partial charge in [0.25, 0.3) is 0 Å². The van der Waals surface area contributed by atoms with Crippen molar-refractivity contribution in [2.75, 3.05) is 0 Å². The largest absolute Gasteiger partial charge is 0.491 e. The number of hydrogen-bond acceptors (Lipinski definition) is 12. The highest BCUT2D eigenvalue weighted by molar-refractivity contribution is 6.68. The molecule has 0 unspecified atom stereocenters. The van der Waals surface area contributed by atoms with Gasteiger partial charge in [-0.1, -0.05) is 57.5 Å². The zero-order chi connectivity index (χ0) is 59.9. The van der Waals surface area contributed by atoms with Crippen molar-refractivity contribution in [2.24, 2.45) is 0 Å². The molecule has 0 radical (unpaired) electrons. The maximum Gasteiger partial charge on any atom is 0.491 e. The molecule has 85 heavy (non-hydrogen) atoms. The first kappa shape index (κ1) is 62.0. The van der Waals surface area contributed by atoms with Crippen molar-refractivity contribution in [3.05, 3.63) is 222 Å². The van der Waals surface area contributed by atoms with Gasteiger partial charge in [-0.3, -0.25) is 0 Å². The first-order chi connectivity index (χ1) is 40.3. The zero-order valence-electron chi connectivity index (χ0n) is 48.6. The lowest BCUT2D eigenvalue weighted by Gasteiger charge is -2.13. The number of ether oxygens (including phenoxy) is 4. The van der Waals surface area contributed by atoms with Crippen LogP contribution < -0.4 is 40.8 Å². The Hall–Kier alpha value is -9.06. The van der Waals surface area contributed by atoms with Gasteiger partial charge in [0.05, 0.1) is 56.8 Å². The first-order valence-electron chi connectivity index (χ1n) is 27.4. The zero-order valence-corrected chi connectivity index (χ0v) is 48.6. The van der Waals surface area contributed by atoms with E-state index in [9.17, 15) is 15.3 Å². The van der Waals surface area contributed by atoms with Crippen LogP contribution in [0.15, 0.2) is 121 Å². The van der Waals surface area contributed by atoms with Gasteiger partial charge in [0, 0.05) is 0 Å². The highest BCUT2D eigenvalue weighted by Gasteiger charge is 2.29. The lowest BCUT2D eigenvalue weighted by Crippen LogP contribution is -2.27. The number of nitriles is 2. The molecule has 0 spiro atoms. The van der Waals surface area contributed by atoms with E-state index < -0.39 is 14.2 Å². The van der Waals surface area contributed by atoms with Gasteiger partial charge in [-0.15, -0.1) is 0 Å². The standard InChI is InChI=1S/2C17H16BNO2.2C16H14BNO3.CH4/c1-11-8-17(12(2)7-16(11)19-4)21-14-5-6-15-13(9-14)10-20-18(15)3;1-11-7-14(19-4)8-12(2)17(11)21-15-5-6-16-13(9-15)10-20-18(16)3;1-10-5-11(2)16(7-12(10)8-18)21-14-3-4-15-13(6-14)9-20-17(15)19;1-10-5-11(2)16(12(6-10)8-18)21-14-3-4-15-13(7-14)9-20-17(15)19;/h2*5-9H,10H2,1-3H3;2*3-7,19H,9H2,1-2H3;1H4. The van der Waals surface area contributed by atoms with Crippen LogP contribution in [0.2, 0.25) is 13.6 Å². The Morgan fingerprint density at radius 2 is 0.859 bits per heavy atom. The van der Waals surface area contributed by atoms with Gasteiger partial charge in [-0.05, 0) is 229 Å². The van der Waals surface area contributed by atoms with E-state index in [4.69, 9.17) is 56.0 Å². The third-order valence-electron chi connectivity index (χ3n) is 14.9. The van der Waals surface area contributed by atoms with E-state index >= 15 is 0 Å². The molecule has 4 aliphatic heterocycles. The smallest absolute Gasteiger partial charge is 0.457 e. The van der Waals surface area contributed by atoms with Crippen molar-refractivity contribution in [3.8, 4) is 58.1 Å². The summed E-state index contributed by atoms with van der Waals surface area (Å²) < 4.78 is 45.4. The second-order valence-electron chi connectivity index (χ2n) is 21.2. The first-order valence-corrected chi connectivity index (χ1v) is 27.4. The molecule has 4 heterocycles. The van der Waals surface area contributed by atoms with Crippen LogP contribution in [0, 0.1) is 91.2 Å². The minimum Gasteiger partial charge on any atom is -0.457 e. The minimum absolute atomic E-state index is 0. The average Bonchev–Trinajstić information content (AvgIpc) is 3.98. The highest BCUT2D eigenvalue weighted by atomic mass is 16.5. The van der Waals surface area contributed by atoms with Crippen molar-refractivity contribution in [3.63, 3.8) is 0 Å². The molecule has 0 atom stereocenters. The number of rotatable bonds is 8. The Bertz CT molecular complexity index is 4010. The average molecular weight is 1130 g/mol. The molecule has 0 amide bonds. The summed E-state index contributed by atoms with van der Waals surface area (Å²) in [5.41, 5.74) is 18.4. The molecule has 8 aromatic carbocycles. The summed E-state index contributed by atoms with van der Waals surface area (Å²) in [5, 5.41) is 37.6. The summed E-state index contributed by atoms with van der Waals surface area (Å²) >= 11 is 0. The molecule has 424 valence electrons. The van der Waals surface area contributed by atoms with Gasteiger partial charge >= 0.3 is 28.1 Å². The van der Waals surface area contributed by atoms with E-state index in [1.807, 2.05) is 134 Å². The second-order valence-corrected chi connectivity index (χ2v) is 21.2. The Balaban J connectivity index is 0.000000147. The molecule has 18 heteroatoms. The summed E-state index contributed by atoms with van der Waals surface area (Å²) in [6.45, 7) is 36.3. The number of fused-ring (bicyclic) bond motifs is 4. The molecule has 0 bridgehead atoms. The number of nitrogens with zero attached hydrogens (tertiary/aromatic N) is 4. The van der Waals surface area contributed by atoms with E-state index in [1.165, 1.54) is 22.1 Å². The van der Waals surface area contributed by atoms with Crippen LogP contribution in [-0.2, 0) is 45.0 Å². The highest BCUT2D eigenvalue weighted by Crippen LogP contribution is 2.36. The van der Waals surface area contributed by atoms with Crippen LogP contribution in [0.1, 0.15) is 85.3 Å². The van der Waals surface area contributed by atoms with Gasteiger partial charge < -0.3 is 47.6 Å². The summed E-state index contributed by atoms with van der Waals surface area (Å²) in [7, 11) is -1.70. The summed E-state index contributed by atoms with van der Waals surface area (Å²) in [4.78, 5) is 6.99. The molecule has 8 aromatic rings. The van der Waals surface area contributed by atoms with Gasteiger partial charge in [-0.25, -0.2) is 9.69 Å². The Morgan fingerprint density at radius 1 is 0.435 bits per heavy atom. The predicted octanol–water partition coefficient (Wildman–Crippen LogP) is 13.0. The van der Waals surface area contributed by atoms with Gasteiger partial charge in [0.15, 0.2) is 11.4 Å². The maximum atomic E-state index is 9.61. The lowest BCUT2D eigenvalue weighted by atomic mass is 9.64. The van der Waals surface area contributed by atoms with Gasteiger partial charge in [0.1, 0.15) is 52.1 Å². The molecule has 0 aliphatic carbocycles. The van der Waals surface area contributed by atoms with Gasteiger partial charge in [-0.2, -0.15) is 10.5 Å². The molecule has 0 saturated carbocycles. The van der Waals surface area contributed by atoms with Crippen molar-refractivity contribution in [2.45, 2.75) is 103 Å². The summed E-state index contributed by atoms with van der Waals surface area (Å²) in [5.74, 6) is 5.79. The normalized spacial score (nSPS) is 12.8. The summed E-state index contributed by atoms with van der Waals surface area (Å²) in [6, 6.07) is 42.3. The van der Waals surface area contributed by atoms with E-state index in [1.54, 1.807) is 30.3 Å². The number of aryl methyl sites for hydroxylation is 8. The fraction of sp³-hybridized carbons (Fsp3) is 0.224. The predicted molar refractivity (Wildman–Crippen MR) is 335 cm³/mol. The van der Waals surface area contributed by atoms with Crippen LogP contribution in [0.3, 0.4) is 0 Å². The molecule has 4 aliphatic rings.